The Morgan fingerprint density at radius 2 is 2.24 bits per heavy atom. The number of rotatable bonds is 4. The predicted molar refractivity (Wildman–Crippen MR) is 78.0 cm³/mol. The fraction of sp³-hybridized carbons (Fsp3) is 0.538. The minimum atomic E-state index is -3.82. The molecule has 8 heteroatoms. The van der Waals surface area contributed by atoms with Crippen molar-refractivity contribution in [1.82, 2.24) is 9.62 Å². The molecule has 1 saturated heterocycles. The van der Waals surface area contributed by atoms with Gasteiger partial charge in [0.1, 0.15) is 5.82 Å². The first kappa shape index (κ1) is 16.2. The lowest BCUT2D eigenvalue weighted by Crippen LogP contribution is -2.45. The van der Waals surface area contributed by atoms with E-state index in [9.17, 15) is 12.8 Å². The quantitative estimate of drug-likeness (QED) is 0.782. The van der Waals surface area contributed by atoms with Gasteiger partial charge in [-0.1, -0.05) is 0 Å². The number of hydrogen-bond donors (Lipinski definition) is 2. The lowest BCUT2D eigenvalue weighted by molar-refractivity contribution is -0.0156. The van der Waals surface area contributed by atoms with E-state index >= 15 is 0 Å². The Morgan fingerprint density at radius 1 is 1.52 bits per heavy atom. The molecule has 118 valence electrons. The number of hydrogen-bond acceptors (Lipinski definition) is 5. The molecule has 2 rings (SSSR count). The first-order chi connectivity index (χ1) is 9.79. The number of nitrogens with one attached hydrogen (secondary N) is 1. The van der Waals surface area contributed by atoms with Crippen LogP contribution >= 0.6 is 0 Å². The Kier molecular flexibility index (Phi) is 4.82. The summed E-state index contributed by atoms with van der Waals surface area (Å²) in [5, 5.41) is 0. The van der Waals surface area contributed by atoms with Crippen LogP contribution in [-0.2, 0) is 14.8 Å². The fourth-order valence-corrected chi connectivity index (χ4v) is 3.58. The molecule has 0 spiro atoms. The number of nitrogens with zero attached hydrogens (tertiary/aromatic N) is 1. The van der Waals surface area contributed by atoms with Gasteiger partial charge in [0, 0.05) is 30.9 Å². The molecule has 21 heavy (non-hydrogen) atoms. The highest BCUT2D eigenvalue weighted by Crippen LogP contribution is 2.21. The van der Waals surface area contributed by atoms with Crippen LogP contribution in [0.3, 0.4) is 0 Å². The van der Waals surface area contributed by atoms with E-state index in [2.05, 4.69) is 9.62 Å². The third kappa shape index (κ3) is 3.91. The van der Waals surface area contributed by atoms with Crippen LogP contribution in [0.4, 0.5) is 10.1 Å². The van der Waals surface area contributed by atoms with Gasteiger partial charge in [0.2, 0.25) is 10.0 Å². The largest absolute Gasteiger partial charge is 0.399 e. The molecule has 1 aromatic rings. The maximum atomic E-state index is 13.6. The normalized spacial score (nSPS) is 20.6. The maximum Gasteiger partial charge on any atom is 0.241 e. The Labute approximate surface area is 124 Å². The molecule has 0 amide bonds. The summed E-state index contributed by atoms with van der Waals surface area (Å²) in [7, 11) is -1.88. The number of likely N-dealkylation sites (N-methyl/N-ethyl adjacent to an activating group) is 1. The second-order valence-corrected chi connectivity index (χ2v) is 6.97. The number of morpholine rings is 1. The second-order valence-electron chi connectivity index (χ2n) is 5.23. The molecular weight excluding hydrogens is 297 g/mol. The molecule has 1 aromatic carbocycles. The predicted octanol–water partition coefficient (Wildman–Crippen LogP) is 0.325. The zero-order valence-corrected chi connectivity index (χ0v) is 12.9. The van der Waals surface area contributed by atoms with E-state index in [1.165, 1.54) is 13.0 Å². The van der Waals surface area contributed by atoms with Crippen molar-refractivity contribution in [1.29, 1.82) is 0 Å². The van der Waals surface area contributed by atoms with Crippen molar-refractivity contribution in [3.05, 3.63) is 23.5 Å². The van der Waals surface area contributed by atoms with Gasteiger partial charge < -0.3 is 15.4 Å². The van der Waals surface area contributed by atoms with Gasteiger partial charge in [-0.15, -0.1) is 0 Å². The second kappa shape index (κ2) is 6.27. The molecule has 1 atom stereocenters. The summed E-state index contributed by atoms with van der Waals surface area (Å²) in [6.45, 7) is 3.58. The van der Waals surface area contributed by atoms with Crippen LogP contribution < -0.4 is 10.5 Å². The van der Waals surface area contributed by atoms with Crippen LogP contribution in [0.25, 0.3) is 0 Å². The molecule has 3 N–H and O–H groups in total. The number of benzene rings is 1. The van der Waals surface area contributed by atoms with Gasteiger partial charge in [0.15, 0.2) is 0 Å². The molecule has 0 aliphatic carbocycles. The minimum Gasteiger partial charge on any atom is -0.399 e. The topological polar surface area (TPSA) is 84.7 Å². The zero-order valence-electron chi connectivity index (χ0n) is 12.1. The molecule has 0 radical (unpaired) electrons. The number of nitrogen functional groups attached to an aromatic ring is 1. The Bertz CT molecular complexity index is 621. The van der Waals surface area contributed by atoms with Crippen molar-refractivity contribution in [2.75, 3.05) is 39.0 Å². The molecule has 1 unspecified atom stereocenters. The Hall–Kier alpha value is -1.22. The van der Waals surface area contributed by atoms with Gasteiger partial charge in [-0.05, 0) is 26.1 Å². The van der Waals surface area contributed by atoms with E-state index in [-0.39, 0.29) is 28.8 Å². The molecule has 0 bridgehead atoms. The molecule has 0 saturated carbocycles. The van der Waals surface area contributed by atoms with Crippen LogP contribution in [0, 0.1) is 12.7 Å². The van der Waals surface area contributed by atoms with Crippen LogP contribution in [-0.4, -0.2) is 52.7 Å². The third-order valence-electron chi connectivity index (χ3n) is 3.45. The first-order valence-corrected chi connectivity index (χ1v) is 8.13. The fourth-order valence-electron chi connectivity index (χ4n) is 2.22. The molecule has 1 aliphatic rings. The Morgan fingerprint density at radius 3 is 2.90 bits per heavy atom. The van der Waals surface area contributed by atoms with E-state index in [1.807, 2.05) is 7.05 Å². The molecule has 1 aliphatic heterocycles. The zero-order chi connectivity index (χ0) is 15.6. The standard InChI is InChI=1S/C13H20FN3O3S/c1-9-12(14)5-10(15)6-13(9)21(18,19)16-7-11-8-17(2)3-4-20-11/h5-6,11,16H,3-4,7-8,15H2,1-2H3. The van der Waals surface area contributed by atoms with Crippen molar-refractivity contribution in [2.24, 2.45) is 0 Å². The van der Waals surface area contributed by atoms with E-state index in [0.717, 1.165) is 12.6 Å². The summed E-state index contributed by atoms with van der Waals surface area (Å²) >= 11 is 0. The minimum absolute atomic E-state index is 0.0541. The highest BCUT2D eigenvalue weighted by Gasteiger charge is 2.23. The van der Waals surface area contributed by atoms with Gasteiger partial charge >= 0.3 is 0 Å². The summed E-state index contributed by atoms with van der Waals surface area (Å²) in [5.41, 5.74) is 5.65. The van der Waals surface area contributed by atoms with Crippen molar-refractivity contribution in [3.63, 3.8) is 0 Å². The van der Waals surface area contributed by atoms with Crippen molar-refractivity contribution >= 4 is 15.7 Å². The Balaban J connectivity index is 2.12. The summed E-state index contributed by atoms with van der Waals surface area (Å²) < 4.78 is 46.1. The van der Waals surface area contributed by atoms with E-state index < -0.39 is 15.8 Å². The van der Waals surface area contributed by atoms with Gasteiger partial charge in [-0.25, -0.2) is 17.5 Å². The van der Waals surface area contributed by atoms with Crippen molar-refractivity contribution < 1.29 is 17.5 Å². The SMILES string of the molecule is Cc1c(F)cc(N)cc1S(=O)(=O)NCC1CN(C)CCO1. The average Bonchev–Trinajstić information content (AvgIpc) is 2.41. The number of ether oxygens (including phenoxy) is 1. The monoisotopic (exact) mass is 317 g/mol. The number of sulfonamides is 1. The van der Waals surface area contributed by atoms with Crippen LogP contribution in [0.1, 0.15) is 5.56 Å². The van der Waals surface area contributed by atoms with Gasteiger partial charge in [0.25, 0.3) is 0 Å². The third-order valence-corrected chi connectivity index (χ3v) is 5.00. The molecular formula is C13H20FN3O3S. The van der Waals surface area contributed by atoms with Gasteiger partial charge in [0.05, 0.1) is 17.6 Å². The number of nitrogens with two attached hydrogens (primary N) is 1. The van der Waals surface area contributed by atoms with Gasteiger partial charge in [-0.2, -0.15) is 0 Å². The average molecular weight is 317 g/mol. The first-order valence-electron chi connectivity index (χ1n) is 6.65. The van der Waals surface area contributed by atoms with Crippen LogP contribution in [0.5, 0.6) is 0 Å². The smallest absolute Gasteiger partial charge is 0.241 e. The molecule has 1 fully saturated rings. The van der Waals surface area contributed by atoms with Crippen molar-refractivity contribution in [3.8, 4) is 0 Å². The van der Waals surface area contributed by atoms with Crippen LogP contribution in [0.15, 0.2) is 17.0 Å². The summed E-state index contributed by atoms with van der Waals surface area (Å²) in [6, 6.07) is 2.36. The van der Waals surface area contributed by atoms with E-state index in [1.54, 1.807) is 0 Å². The maximum absolute atomic E-state index is 13.6. The summed E-state index contributed by atoms with van der Waals surface area (Å²) in [4.78, 5) is 1.93. The summed E-state index contributed by atoms with van der Waals surface area (Å²) in [6.07, 6.45) is -0.218. The summed E-state index contributed by atoms with van der Waals surface area (Å²) in [5.74, 6) is -0.635. The molecule has 6 nitrogen and oxygen atoms in total. The molecule has 1 heterocycles. The molecule has 0 aromatic heterocycles. The lowest BCUT2D eigenvalue weighted by atomic mass is 10.2. The highest BCUT2D eigenvalue weighted by atomic mass is 32.2. The van der Waals surface area contributed by atoms with Crippen molar-refractivity contribution in [2.45, 2.75) is 17.9 Å². The van der Waals surface area contributed by atoms with E-state index in [0.29, 0.717) is 13.2 Å². The highest BCUT2D eigenvalue weighted by molar-refractivity contribution is 7.89. The number of halogens is 1. The van der Waals surface area contributed by atoms with Crippen LogP contribution in [0.2, 0.25) is 0 Å². The van der Waals surface area contributed by atoms with E-state index in [4.69, 9.17) is 10.5 Å². The van der Waals surface area contributed by atoms with Gasteiger partial charge in [-0.3, -0.25) is 0 Å². The lowest BCUT2D eigenvalue weighted by Gasteiger charge is -2.30. The number of anilines is 1.